The second kappa shape index (κ2) is 4.84. The van der Waals surface area contributed by atoms with Crippen molar-refractivity contribution in [3.63, 3.8) is 0 Å². The van der Waals surface area contributed by atoms with Gasteiger partial charge >= 0.3 is 0 Å². The number of halogens is 2. The van der Waals surface area contributed by atoms with Crippen molar-refractivity contribution in [1.82, 2.24) is 10.2 Å². The highest BCUT2D eigenvalue weighted by atomic mass is 19.3. The van der Waals surface area contributed by atoms with E-state index in [9.17, 15) is 8.78 Å². The minimum absolute atomic E-state index is 0.315. The third kappa shape index (κ3) is 3.03. The summed E-state index contributed by atoms with van der Waals surface area (Å²) in [5.74, 6) is 0.315. The van der Waals surface area contributed by atoms with E-state index in [2.05, 4.69) is 16.8 Å². The number of nitrogens with one attached hydrogen (secondary N) is 1. The van der Waals surface area contributed by atoms with E-state index in [0.717, 1.165) is 18.5 Å². The second-order valence-electron chi connectivity index (χ2n) is 4.11. The number of hydrogen-bond acceptors (Lipinski definition) is 2. The van der Waals surface area contributed by atoms with Crippen molar-refractivity contribution in [2.45, 2.75) is 25.9 Å². The van der Waals surface area contributed by atoms with E-state index < -0.39 is 6.55 Å². The number of likely N-dealkylation sites (N-methyl/N-ethyl adjacent to an activating group) is 1. The highest BCUT2D eigenvalue weighted by Crippen LogP contribution is 2.25. The Labute approximate surface area is 84.0 Å². The standard InChI is InChI=1S/C10H18F2N2/c1-7(2)9-4-8(6-14(9)3)5-13-10(11)12/h8-10,13H,1,4-6H2,2-3H3/t8?,9-/m0/s1. The van der Waals surface area contributed by atoms with Crippen molar-refractivity contribution < 1.29 is 8.78 Å². The molecule has 2 atom stereocenters. The molecule has 1 N–H and O–H groups in total. The fraction of sp³-hybridized carbons (Fsp3) is 0.800. The zero-order valence-corrected chi connectivity index (χ0v) is 8.76. The molecule has 0 aliphatic carbocycles. The molecule has 1 aliphatic rings. The number of nitrogens with zero attached hydrogens (tertiary/aromatic N) is 1. The SMILES string of the molecule is C=C(C)[C@@H]1CC(CNC(F)F)CN1C. The molecule has 0 bridgehead atoms. The van der Waals surface area contributed by atoms with Crippen LogP contribution in [0.3, 0.4) is 0 Å². The molecule has 4 heteroatoms. The van der Waals surface area contributed by atoms with Crippen molar-refractivity contribution in [2.24, 2.45) is 5.92 Å². The smallest absolute Gasteiger partial charge is 0.292 e. The number of hydrogen-bond donors (Lipinski definition) is 1. The first-order valence-corrected chi connectivity index (χ1v) is 4.88. The van der Waals surface area contributed by atoms with Gasteiger partial charge < -0.3 is 0 Å². The van der Waals surface area contributed by atoms with Gasteiger partial charge in [0.1, 0.15) is 0 Å². The molecular formula is C10H18F2N2. The van der Waals surface area contributed by atoms with Gasteiger partial charge in [-0.25, -0.2) is 0 Å². The Morgan fingerprint density at radius 1 is 1.64 bits per heavy atom. The van der Waals surface area contributed by atoms with Crippen molar-refractivity contribution >= 4 is 0 Å². The van der Waals surface area contributed by atoms with Gasteiger partial charge in [0.15, 0.2) is 0 Å². The van der Waals surface area contributed by atoms with Crippen LogP contribution in [-0.4, -0.2) is 37.6 Å². The summed E-state index contributed by atoms with van der Waals surface area (Å²) in [6.45, 7) is 4.77. The zero-order valence-electron chi connectivity index (χ0n) is 8.76. The molecular weight excluding hydrogens is 186 g/mol. The van der Waals surface area contributed by atoms with Crippen LogP contribution in [0.1, 0.15) is 13.3 Å². The van der Waals surface area contributed by atoms with E-state index in [4.69, 9.17) is 0 Å². The maximum absolute atomic E-state index is 11.9. The molecule has 0 aromatic carbocycles. The van der Waals surface area contributed by atoms with Crippen LogP contribution in [0.2, 0.25) is 0 Å². The molecule has 0 saturated carbocycles. The van der Waals surface area contributed by atoms with Crippen LogP contribution in [0.25, 0.3) is 0 Å². The average molecular weight is 204 g/mol. The molecule has 0 aromatic rings. The van der Waals surface area contributed by atoms with Gasteiger partial charge in [0.05, 0.1) is 0 Å². The highest BCUT2D eigenvalue weighted by Gasteiger charge is 2.29. The lowest BCUT2D eigenvalue weighted by Crippen LogP contribution is -2.29. The normalized spacial score (nSPS) is 28.6. The second-order valence-corrected chi connectivity index (χ2v) is 4.11. The van der Waals surface area contributed by atoms with Gasteiger partial charge in [-0.15, -0.1) is 0 Å². The molecule has 1 unspecified atom stereocenters. The van der Waals surface area contributed by atoms with Crippen LogP contribution in [-0.2, 0) is 0 Å². The fourth-order valence-corrected chi connectivity index (χ4v) is 2.09. The van der Waals surface area contributed by atoms with Gasteiger partial charge in [0.25, 0.3) is 6.55 Å². The van der Waals surface area contributed by atoms with E-state index in [-0.39, 0.29) is 0 Å². The van der Waals surface area contributed by atoms with Gasteiger partial charge in [-0.2, -0.15) is 8.78 Å². The minimum Gasteiger partial charge on any atom is -0.299 e. The summed E-state index contributed by atoms with van der Waals surface area (Å²) in [6.07, 6.45) is 0.936. The quantitative estimate of drug-likeness (QED) is 0.554. The average Bonchev–Trinajstić information content (AvgIpc) is 2.43. The molecule has 1 saturated heterocycles. The molecule has 0 spiro atoms. The monoisotopic (exact) mass is 204 g/mol. The van der Waals surface area contributed by atoms with Crippen LogP contribution in [0, 0.1) is 5.92 Å². The van der Waals surface area contributed by atoms with E-state index >= 15 is 0 Å². The van der Waals surface area contributed by atoms with Crippen molar-refractivity contribution in [3.05, 3.63) is 12.2 Å². The minimum atomic E-state index is -2.40. The molecule has 1 fully saturated rings. The number of rotatable bonds is 4. The molecule has 1 aliphatic heterocycles. The number of alkyl halides is 2. The Hall–Kier alpha value is -0.480. The van der Waals surface area contributed by atoms with Crippen molar-refractivity contribution in [1.29, 1.82) is 0 Å². The topological polar surface area (TPSA) is 15.3 Å². The lowest BCUT2D eigenvalue weighted by Gasteiger charge is -2.18. The van der Waals surface area contributed by atoms with E-state index in [0.29, 0.717) is 18.5 Å². The molecule has 0 radical (unpaired) electrons. The third-order valence-electron chi connectivity index (χ3n) is 2.76. The summed E-state index contributed by atoms with van der Waals surface area (Å²) in [5, 5.41) is 2.18. The fourth-order valence-electron chi connectivity index (χ4n) is 2.09. The van der Waals surface area contributed by atoms with Crippen LogP contribution in [0.5, 0.6) is 0 Å². The summed E-state index contributed by atoms with van der Waals surface area (Å²) in [5.41, 5.74) is 1.12. The lowest BCUT2D eigenvalue weighted by atomic mass is 10.0. The van der Waals surface area contributed by atoms with E-state index in [1.54, 1.807) is 0 Å². The summed E-state index contributed by atoms with van der Waals surface area (Å²) in [7, 11) is 2.02. The Morgan fingerprint density at radius 2 is 2.29 bits per heavy atom. The van der Waals surface area contributed by atoms with E-state index in [1.165, 1.54) is 0 Å². The molecule has 1 rings (SSSR count). The third-order valence-corrected chi connectivity index (χ3v) is 2.76. The van der Waals surface area contributed by atoms with Gasteiger partial charge in [0.2, 0.25) is 0 Å². The maximum atomic E-state index is 11.9. The van der Waals surface area contributed by atoms with Gasteiger partial charge in [-0.3, -0.25) is 10.2 Å². The highest BCUT2D eigenvalue weighted by molar-refractivity contribution is 5.06. The van der Waals surface area contributed by atoms with E-state index in [1.807, 2.05) is 14.0 Å². The van der Waals surface area contributed by atoms with Crippen LogP contribution < -0.4 is 5.32 Å². The molecule has 0 aromatic heterocycles. The first-order valence-electron chi connectivity index (χ1n) is 4.88. The van der Waals surface area contributed by atoms with Gasteiger partial charge in [0, 0.05) is 19.1 Å². The van der Waals surface area contributed by atoms with Crippen LogP contribution in [0.15, 0.2) is 12.2 Å². The van der Waals surface area contributed by atoms with Gasteiger partial charge in [-0.05, 0) is 26.3 Å². The molecule has 14 heavy (non-hydrogen) atoms. The molecule has 82 valence electrons. The zero-order chi connectivity index (χ0) is 10.7. The van der Waals surface area contributed by atoms with Crippen LogP contribution >= 0.6 is 0 Å². The Kier molecular flexibility index (Phi) is 4.01. The maximum Gasteiger partial charge on any atom is 0.292 e. The molecule has 0 amide bonds. The first-order chi connectivity index (χ1) is 6.50. The Balaban J connectivity index is 2.35. The predicted molar refractivity (Wildman–Crippen MR) is 53.3 cm³/mol. The molecule has 1 heterocycles. The summed E-state index contributed by atoms with van der Waals surface area (Å²) in [4.78, 5) is 2.18. The van der Waals surface area contributed by atoms with Crippen molar-refractivity contribution in [3.8, 4) is 0 Å². The summed E-state index contributed by atoms with van der Waals surface area (Å²) >= 11 is 0. The van der Waals surface area contributed by atoms with Crippen LogP contribution in [0.4, 0.5) is 8.78 Å². The molecule has 2 nitrogen and oxygen atoms in total. The summed E-state index contributed by atoms with van der Waals surface area (Å²) < 4.78 is 23.8. The predicted octanol–water partition coefficient (Wildman–Crippen LogP) is 1.69. The lowest BCUT2D eigenvalue weighted by molar-refractivity contribution is 0.102. The first kappa shape index (κ1) is 11.6. The van der Waals surface area contributed by atoms with Gasteiger partial charge in [-0.1, -0.05) is 12.2 Å². The largest absolute Gasteiger partial charge is 0.299 e. The number of likely N-dealkylation sites (tertiary alicyclic amines) is 1. The van der Waals surface area contributed by atoms with Crippen molar-refractivity contribution in [2.75, 3.05) is 20.1 Å². The Bertz CT molecular complexity index is 206. The Morgan fingerprint density at radius 3 is 2.71 bits per heavy atom. The summed E-state index contributed by atoms with van der Waals surface area (Å²) in [6, 6.07) is 0.361.